The predicted molar refractivity (Wildman–Crippen MR) is 142 cm³/mol. The fourth-order valence-corrected chi connectivity index (χ4v) is 3.84. The number of hydrogen-bond acceptors (Lipinski definition) is 7. The molecule has 9 nitrogen and oxygen atoms in total. The first-order valence-corrected chi connectivity index (χ1v) is 11.6. The fourth-order valence-electron chi connectivity index (χ4n) is 3.84. The van der Waals surface area contributed by atoms with Crippen molar-refractivity contribution < 1.29 is 24.3 Å². The lowest BCUT2D eigenvalue weighted by atomic mass is 9.85. The van der Waals surface area contributed by atoms with Crippen LogP contribution in [-0.2, 0) is 17.0 Å². The third-order valence-corrected chi connectivity index (χ3v) is 5.79. The van der Waals surface area contributed by atoms with Crippen molar-refractivity contribution in [2.75, 3.05) is 7.11 Å². The topological polar surface area (TPSA) is 123 Å². The number of nitro groups is 1. The molecule has 9 heteroatoms. The van der Waals surface area contributed by atoms with Crippen LogP contribution in [0.3, 0.4) is 0 Å². The van der Waals surface area contributed by atoms with Gasteiger partial charge >= 0.3 is 0 Å². The number of nitrogens with one attached hydrogen (secondary N) is 1. The number of ether oxygens (including phenoxy) is 2. The number of carbonyl (C=O) groups excluding carboxylic acids is 1. The van der Waals surface area contributed by atoms with Gasteiger partial charge in [-0.25, -0.2) is 5.43 Å². The lowest BCUT2D eigenvalue weighted by molar-refractivity contribution is -0.384. The number of hydrazone groups is 1. The summed E-state index contributed by atoms with van der Waals surface area (Å²) in [5, 5.41) is 26.5. The molecule has 0 saturated heterocycles. The minimum absolute atomic E-state index is 0.0156. The molecule has 4 aromatic rings. The molecule has 0 unspecified atom stereocenters. The Morgan fingerprint density at radius 1 is 0.947 bits per heavy atom. The van der Waals surface area contributed by atoms with E-state index in [1.165, 1.54) is 25.5 Å². The Labute approximate surface area is 219 Å². The van der Waals surface area contributed by atoms with Gasteiger partial charge in [0.25, 0.3) is 11.6 Å². The summed E-state index contributed by atoms with van der Waals surface area (Å²) in [5.74, 6) is 0.133. The van der Waals surface area contributed by atoms with Crippen molar-refractivity contribution in [2.45, 2.75) is 12.2 Å². The zero-order chi connectivity index (χ0) is 27.0. The first kappa shape index (κ1) is 26.1. The average molecular weight is 512 g/mol. The van der Waals surface area contributed by atoms with Crippen LogP contribution < -0.4 is 14.9 Å². The number of non-ortho nitro benzene ring substituents is 1. The fraction of sp³-hybridized carbons (Fsp3) is 0.103. The maximum atomic E-state index is 13.2. The van der Waals surface area contributed by atoms with Gasteiger partial charge in [-0.1, -0.05) is 72.8 Å². The Balaban J connectivity index is 1.47. The van der Waals surface area contributed by atoms with Crippen LogP contribution in [-0.4, -0.2) is 29.3 Å². The van der Waals surface area contributed by atoms with Crippen LogP contribution in [0.4, 0.5) is 5.69 Å². The maximum absolute atomic E-state index is 13.2. The molecule has 0 spiro atoms. The SMILES string of the molecule is COc1cc(/C=N\NC(=O)C(O)(c2ccccc2)c2ccccc2)ccc1OCc1cccc([N+](=O)[O-])c1. The minimum atomic E-state index is -1.94. The summed E-state index contributed by atoms with van der Waals surface area (Å²) in [5.41, 5.74) is 2.54. The summed E-state index contributed by atoms with van der Waals surface area (Å²) in [4.78, 5) is 23.7. The third kappa shape index (κ3) is 5.85. The first-order chi connectivity index (χ1) is 18.4. The van der Waals surface area contributed by atoms with Crippen LogP contribution in [0.2, 0.25) is 0 Å². The van der Waals surface area contributed by atoms with Gasteiger partial charge in [0.2, 0.25) is 0 Å². The molecule has 4 rings (SSSR count). The normalized spacial score (nSPS) is 11.2. The van der Waals surface area contributed by atoms with Crippen LogP contribution in [0.5, 0.6) is 11.5 Å². The molecule has 0 aliphatic carbocycles. The number of hydrogen-bond donors (Lipinski definition) is 2. The van der Waals surface area contributed by atoms with E-state index in [4.69, 9.17) is 9.47 Å². The van der Waals surface area contributed by atoms with E-state index in [1.807, 2.05) is 0 Å². The minimum Gasteiger partial charge on any atom is -0.493 e. The summed E-state index contributed by atoms with van der Waals surface area (Å²) in [6.07, 6.45) is 1.42. The number of nitrogens with zero attached hydrogens (tertiary/aromatic N) is 2. The predicted octanol–water partition coefficient (Wildman–Crippen LogP) is 4.57. The van der Waals surface area contributed by atoms with Crippen LogP contribution in [0.25, 0.3) is 0 Å². The number of methoxy groups -OCH3 is 1. The summed E-state index contributed by atoms with van der Waals surface area (Å²) < 4.78 is 11.2. The van der Waals surface area contributed by atoms with Crippen molar-refractivity contribution in [3.05, 3.63) is 135 Å². The van der Waals surface area contributed by atoms with Gasteiger partial charge in [-0.05, 0) is 40.5 Å². The summed E-state index contributed by atoms with van der Waals surface area (Å²) in [6, 6.07) is 28.5. The molecule has 0 saturated carbocycles. The molecule has 0 atom stereocenters. The van der Waals surface area contributed by atoms with E-state index in [9.17, 15) is 20.0 Å². The van der Waals surface area contributed by atoms with E-state index in [1.54, 1.807) is 91.0 Å². The summed E-state index contributed by atoms with van der Waals surface area (Å²) in [6.45, 7) is 0.110. The second-order valence-corrected chi connectivity index (χ2v) is 8.27. The largest absolute Gasteiger partial charge is 0.493 e. The zero-order valence-electron chi connectivity index (χ0n) is 20.5. The van der Waals surface area contributed by atoms with Crippen molar-refractivity contribution in [3.63, 3.8) is 0 Å². The molecule has 0 radical (unpaired) electrons. The molecule has 0 bridgehead atoms. The van der Waals surface area contributed by atoms with Crippen LogP contribution in [0, 0.1) is 10.1 Å². The molecular weight excluding hydrogens is 486 g/mol. The van der Waals surface area contributed by atoms with E-state index in [0.717, 1.165) is 0 Å². The van der Waals surface area contributed by atoms with Crippen molar-refractivity contribution in [2.24, 2.45) is 5.10 Å². The zero-order valence-corrected chi connectivity index (χ0v) is 20.5. The maximum Gasteiger partial charge on any atom is 0.281 e. The van der Waals surface area contributed by atoms with Crippen molar-refractivity contribution >= 4 is 17.8 Å². The number of nitro benzene ring substituents is 1. The van der Waals surface area contributed by atoms with Crippen molar-refractivity contribution in [1.82, 2.24) is 5.43 Å². The number of rotatable bonds is 10. The van der Waals surface area contributed by atoms with Gasteiger partial charge in [0.05, 0.1) is 18.2 Å². The molecule has 0 aliphatic rings. The van der Waals surface area contributed by atoms with E-state index in [2.05, 4.69) is 10.5 Å². The highest BCUT2D eigenvalue weighted by Crippen LogP contribution is 2.30. The Hall–Kier alpha value is -5.02. The molecule has 38 heavy (non-hydrogen) atoms. The summed E-state index contributed by atoms with van der Waals surface area (Å²) in [7, 11) is 1.48. The molecule has 2 N–H and O–H groups in total. The molecule has 192 valence electrons. The van der Waals surface area contributed by atoms with E-state index < -0.39 is 16.4 Å². The Bertz CT molecular complexity index is 1400. The molecule has 4 aromatic carbocycles. The number of benzene rings is 4. The van der Waals surface area contributed by atoms with Gasteiger partial charge in [0.15, 0.2) is 17.1 Å². The molecule has 0 aliphatic heterocycles. The second-order valence-electron chi connectivity index (χ2n) is 8.27. The molecule has 1 amide bonds. The number of aliphatic hydroxyl groups is 1. The Morgan fingerprint density at radius 2 is 1.61 bits per heavy atom. The highest BCUT2D eigenvalue weighted by Gasteiger charge is 2.39. The quantitative estimate of drug-likeness (QED) is 0.183. The van der Waals surface area contributed by atoms with Crippen molar-refractivity contribution in [3.8, 4) is 11.5 Å². The lowest BCUT2D eigenvalue weighted by Gasteiger charge is -2.27. The second kappa shape index (κ2) is 11.8. The van der Waals surface area contributed by atoms with Gasteiger partial charge in [-0.3, -0.25) is 14.9 Å². The van der Waals surface area contributed by atoms with Gasteiger partial charge in [0.1, 0.15) is 6.61 Å². The van der Waals surface area contributed by atoms with Gasteiger partial charge < -0.3 is 14.6 Å². The molecule has 0 heterocycles. The van der Waals surface area contributed by atoms with Crippen LogP contribution in [0.15, 0.2) is 108 Å². The monoisotopic (exact) mass is 511 g/mol. The smallest absolute Gasteiger partial charge is 0.281 e. The molecular formula is C29H25N3O6. The van der Waals surface area contributed by atoms with Crippen molar-refractivity contribution in [1.29, 1.82) is 0 Å². The van der Waals surface area contributed by atoms with Gasteiger partial charge in [-0.2, -0.15) is 5.10 Å². The number of amides is 1. The van der Waals surface area contributed by atoms with Crippen LogP contribution in [0.1, 0.15) is 22.3 Å². The van der Waals surface area contributed by atoms with E-state index >= 15 is 0 Å². The Morgan fingerprint density at radius 3 is 2.21 bits per heavy atom. The first-order valence-electron chi connectivity index (χ1n) is 11.6. The van der Waals surface area contributed by atoms with Gasteiger partial charge in [-0.15, -0.1) is 0 Å². The van der Waals surface area contributed by atoms with Gasteiger partial charge in [0, 0.05) is 12.1 Å². The summed E-state index contributed by atoms with van der Waals surface area (Å²) >= 11 is 0. The highest BCUT2D eigenvalue weighted by molar-refractivity contribution is 5.91. The van der Waals surface area contributed by atoms with E-state index in [-0.39, 0.29) is 12.3 Å². The van der Waals surface area contributed by atoms with E-state index in [0.29, 0.717) is 33.8 Å². The Kier molecular flexibility index (Phi) is 8.10. The highest BCUT2D eigenvalue weighted by atomic mass is 16.6. The number of carbonyl (C=O) groups is 1. The third-order valence-electron chi connectivity index (χ3n) is 5.79. The van der Waals surface area contributed by atoms with Crippen LogP contribution >= 0.6 is 0 Å². The average Bonchev–Trinajstić information content (AvgIpc) is 2.96. The molecule has 0 fully saturated rings. The molecule has 0 aromatic heterocycles. The lowest BCUT2D eigenvalue weighted by Crippen LogP contribution is -2.43. The standard InChI is InChI=1S/C29H25N3O6/c1-37-27-18-21(15-16-26(27)38-20-22-9-8-14-25(17-22)32(35)36)19-30-31-28(33)29(34,23-10-4-2-5-11-23)24-12-6-3-7-13-24/h2-19,34H,20H2,1H3,(H,31,33)/b30-19-.